The van der Waals surface area contributed by atoms with E-state index in [0.717, 1.165) is 23.7 Å². The molecule has 0 aliphatic rings. The van der Waals surface area contributed by atoms with Crippen LogP contribution in [-0.4, -0.2) is 37.3 Å². The van der Waals surface area contributed by atoms with Crippen molar-refractivity contribution in [3.8, 4) is 5.75 Å². The Labute approximate surface area is 186 Å². The summed E-state index contributed by atoms with van der Waals surface area (Å²) in [4.78, 5) is 25.8. The average Bonchev–Trinajstić information content (AvgIpc) is 3.20. The van der Waals surface area contributed by atoms with Crippen molar-refractivity contribution in [1.82, 2.24) is 19.2 Å². The number of halogens is 2. The number of para-hydroxylation sites is 1. The summed E-state index contributed by atoms with van der Waals surface area (Å²) in [5.41, 5.74) is 1.32. The zero-order chi connectivity index (χ0) is 22.8. The first kappa shape index (κ1) is 21.9. The molecule has 0 spiro atoms. The zero-order valence-electron chi connectivity index (χ0n) is 17.4. The Hall–Kier alpha value is -3.27. The van der Waals surface area contributed by atoms with Crippen molar-refractivity contribution in [2.24, 2.45) is 0 Å². The maximum absolute atomic E-state index is 12.9. The molecular weight excluding hydrogens is 438 g/mol. The Bertz CT molecular complexity index is 1370. The van der Waals surface area contributed by atoms with Crippen molar-refractivity contribution in [3.05, 3.63) is 63.9 Å². The fraction of sp³-hybridized carbons (Fsp3) is 0.273. The normalized spacial score (nSPS) is 11.5. The molecule has 0 radical (unpaired) electrons. The second-order valence-electron chi connectivity index (χ2n) is 7.18. The predicted octanol–water partition coefficient (Wildman–Crippen LogP) is 4.34. The Morgan fingerprint density at radius 1 is 1.19 bits per heavy atom. The van der Waals surface area contributed by atoms with E-state index in [0.29, 0.717) is 28.4 Å². The van der Waals surface area contributed by atoms with Crippen molar-refractivity contribution in [2.75, 3.05) is 5.75 Å². The van der Waals surface area contributed by atoms with Gasteiger partial charge in [0.1, 0.15) is 5.75 Å². The van der Waals surface area contributed by atoms with E-state index in [-0.39, 0.29) is 28.4 Å². The van der Waals surface area contributed by atoms with E-state index in [9.17, 15) is 18.4 Å². The maximum Gasteiger partial charge on any atom is 0.387 e. The molecule has 10 heteroatoms. The Morgan fingerprint density at radius 3 is 2.72 bits per heavy atom. The van der Waals surface area contributed by atoms with Crippen molar-refractivity contribution in [1.29, 1.82) is 0 Å². The van der Waals surface area contributed by atoms with Crippen LogP contribution in [0, 0.1) is 6.92 Å². The second-order valence-corrected chi connectivity index (χ2v) is 8.12. The van der Waals surface area contributed by atoms with Crippen LogP contribution in [0.25, 0.3) is 16.7 Å². The van der Waals surface area contributed by atoms with Crippen LogP contribution >= 0.6 is 11.8 Å². The number of nitrogens with zero attached hydrogens (tertiary/aromatic N) is 4. The quantitative estimate of drug-likeness (QED) is 0.289. The molecule has 0 saturated heterocycles. The molecule has 0 N–H and O–H groups in total. The molecule has 2 aromatic heterocycles. The zero-order valence-corrected chi connectivity index (χ0v) is 18.2. The molecule has 0 bridgehead atoms. The standard InChI is InChI=1S/C22H20F2N4O3S/c1-3-10-27-19(30)14-6-4-5-7-16(14)28-21(27)25-26-22(28)32-12-17(29)15-11-13(2)8-9-18(15)31-20(23)24/h4-9,11,20H,3,10,12H2,1-2H3. The summed E-state index contributed by atoms with van der Waals surface area (Å²) in [6, 6.07) is 11.6. The SMILES string of the molecule is CCCn1c(=O)c2ccccc2n2c(SCC(=O)c3cc(C)ccc3OC(F)F)nnc12. The lowest BCUT2D eigenvalue weighted by Gasteiger charge is -2.11. The highest BCUT2D eigenvalue weighted by atomic mass is 32.2. The fourth-order valence-corrected chi connectivity index (χ4v) is 4.34. The summed E-state index contributed by atoms with van der Waals surface area (Å²) in [5, 5.41) is 9.34. The Kier molecular flexibility index (Phi) is 6.22. The van der Waals surface area contributed by atoms with Gasteiger partial charge in [-0.15, -0.1) is 10.2 Å². The summed E-state index contributed by atoms with van der Waals surface area (Å²) < 4.78 is 33.3. The number of thioether (sulfide) groups is 1. The third kappa shape index (κ3) is 4.10. The van der Waals surface area contributed by atoms with Crippen LogP contribution in [-0.2, 0) is 6.54 Å². The number of aryl methyl sites for hydroxylation is 2. The van der Waals surface area contributed by atoms with Crippen molar-refractivity contribution in [3.63, 3.8) is 0 Å². The predicted molar refractivity (Wildman–Crippen MR) is 118 cm³/mol. The summed E-state index contributed by atoms with van der Waals surface area (Å²) in [6.45, 7) is 1.18. The van der Waals surface area contributed by atoms with Gasteiger partial charge in [0.25, 0.3) is 5.56 Å². The molecule has 0 atom stereocenters. The lowest BCUT2D eigenvalue weighted by Crippen LogP contribution is -2.23. The molecule has 4 aromatic rings. The number of carbonyl (C=O) groups excluding carboxylic acids is 1. The van der Waals surface area contributed by atoms with E-state index in [2.05, 4.69) is 14.9 Å². The number of hydrogen-bond donors (Lipinski definition) is 0. The van der Waals surface area contributed by atoms with Crippen LogP contribution in [0.3, 0.4) is 0 Å². The van der Waals surface area contributed by atoms with Gasteiger partial charge in [-0.25, -0.2) is 0 Å². The van der Waals surface area contributed by atoms with Crippen LogP contribution in [0.4, 0.5) is 8.78 Å². The van der Waals surface area contributed by atoms with Crippen LogP contribution in [0.15, 0.2) is 52.4 Å². The van der Waals surface area contributed by atoms with Gasteiger partial charge in [-0.05, 0) is 37.6 Å². The molecule has 32 heavy (non-hydrogen) atoms. The van der Waals surface area contributed by atoms with E-state index in [1.165, 1.54) is 12.1 Å². The number of aromatic nitrogens is 4. The fourth-order valence-electron chi connectivity index (χ4n) is 3.52. The van der Waals surface area contributed by atoms with Gasteiger partial charge >= 0.3 is 6.61 Å². The third-order valence-corrected chi connectivity index (χ3v) is 5.84. The van der Waals surface area contributed by atoms with Gasteiger partial charge in [-0.1, -0.05) is 42.4 Å². The van der Waals surface area contributed by atoms with E-state index in [1.54, 1.807) is 40.2 Å². The highest BCUT2D eigenvalue weighted by Gasteiger charge is 2.20. The first-order valence-electron chi connectivity index (χ1n) is 9.98. The van der Waals surface area contributed by atoms with Gasteiger partial charge in [0, 0.05) is 6.54 Å². The molecule has 0 aliphatic carbocycles. The summed E-state index contributed by atoms with van der Waals surface area (Å²) >= 11 is 1.12. The summed E-state index contributed by atoms with van der Waals surface area (Å²) in [5.74, 6) is -0.213. The molecule has 0 amide bonds. The molecule has 0 aliphatic heterocycles. The number of ether oxygens (including phenoxy) is 1. The van der Waals surface area contributed by atoms with E-state index in [1.807, 2.05) is 13.0 Å². The van der Waals surface area contributed by atoms with Gasteiger partial charge in [-0.3, -0.25) is 18.6 Å². The topological polar surface area (TPSA) is 78.5 Å². The Balaban J connectivity index is 1.72. The molecule has 0 unspecified atom stereocenters. The second kappa shape index (κ2) is 9.07. The molecule has 2 heterocycles. The highest BCUT2D eigenvalue weighted by Crippen LogP contribution is 2.27. The Morgan fingerprint density at radius 2 is 1.97 bits per heavy atom. The van der Waals surface area contributed by atoms with Gasteiger partial charge in [-0.2, -0.15) is 8.78 Å². The van der Waals surface area contributed by atoms with Crippen LogP contribution in [0.1, 0.15) is 29.3 Å². The van der Waals surface area contributed by atoms with Crippen LogP contribution in [0.2, 0.25) is 0 Å². The lowest BCUT2D eigenvalue weighted by atomic mass is 10.1. The van der Waals surface area contributed by atoms with Crippen molar-refractivity contribution < 1.29 is 18.3 Å². The first-order valence-corrected chi connectivity index (χ1v) is 11.0. The number of fused-ring (bicyclic) bond motifs is 3. The minimum absolute atomic E-state index is 0.0644. The average molecular weight is 458 g/mol. The number of alkyl halides is 2. The summed E-state index contributed by atoms with van der Waals surface area (Å²) in [7, 11) is 0. The molecule has 0 saturated carbocycles. The van der Waals surface area contributed by atoms with Gasteiger partial charge in [0.2, 0.25) is 5.78 Å². The van der Waals surface area contributed by atoms with Gasteiger partial charge < -0.3 is 4.74 Å². The molecule has 166 valence electrons. The van der Waals surface area contributed by atoms with Crippen LogP contribution in [0.5, 0.6) is 5.75 Å². The molecule has 7 nitrogen and oxygen atoms in total. The maximum atomic E-state index is 12.9. The number of ketones is 1. The van der Waals surface area contributed by atoms with Gasteiger partial charge in [0.15, 0.2) is 10.9 Å². The number of carbonyl (C=O) groups is 1. The summed E-state index contributed by atoms with van der Waals surface area (Å²) in [6.07, 6.45) is 0.738. The number of Topliss-reactive ketones (excluding diaryl/α,β-unsaturated/α-hetero) is 1. The first-order chi connectivity index (χ1) is 15.4. The molecular formula is C22H20F2N4O3S. The van der Waals surface area contributed by atoms with Crippen LogP contribution < -0.4 is 10.3 Å². The largest absolute Gasteiger partial charge is 0.434 e. The number of benzene rings is 2. The number of rotatable bonds is 8. The smallest absolute Gasteiger partial charge is 0.387 e. The molecule has 4 rings (SSSR count). The van der Waals surface area contributed by atoms with E-state index < -0.39 is 6.61 Å². The monoisotopic (exact) mass is 458 g/mol. The van der Waals surface area contributed by atoms with E-state index >= 15 is 0 Å². The van der Waals surface area contributed by atoms with E-state index in [4.69, 9.17) is 0 Å². The van der Waals surface area contributed by atoms with Gasteiger partial charge in [0.05, 0.1) is 22.2 Å². The minimum Gasteiger partial charge on any atom is -0.434 e. The van der Waals surface area contributed by atoms with Crippen molar-refractivity contribution in [2.45, 2.75) is 38.6 Å². The lowest BCUT2D eigenvalue weighted by molar-refractivity contribution is -0.0501. The number of hydrogen-bond acceptors (Lipinski definition) is 6. The molecule has 0 fully saturated rings. The molecule has 2 aromatic carbocycles. The third-order valence-electron chi connectivity index (χ3n) is 4.91. The highest BCUT2D eigenvalue weighted by molar-refractivity contribution is 7.99. The van der Waals surface area contributed by atoms with Crippen molar-refractivity contribution >= 4 is 34.2 Å². The minimum atomic E-state index is -3.03.